The van der Waals surface area contributed by atoms with E-state index in [0.29, 0.717) is 18.1 Å². The van der Waals surface area contributed by atoms with Crippen molar-refractivity contribution in [3.05, 3.63) is 23.8 Å². The maximum Gasteiger partial charge on any atom is 0.0769 e. The lowest BCUT2D eigenvalue weighted by atomic mass is 9.91. The lowest BCUT2D eigenvalue weighted by molar-refractivity contribution is -0.0470. The topological polar surface area (TPSA) is 21.3 Å². The van der Waals surface area contributed by atoms with Crippen molar-refractivity contribution in [1.82, 2.24) is 5.32 Å². The zero-order chi connectivity index (χ0) is 9.97. The van der Waals surface area contributed by atoms with Gasteiger partial charge in [-0.25, -0.2) is 0 Å². The molecule has 2 aliphatic rings. The van der Waals surface area contributed by atoms with Gasteiger partial charge in [-0.15, -0.1) is 0 Å². The van der Waals surface area contributed by atoms with Crippen LogP contribution in [0.2, 0.25) is 0 Å². The van der Waals surface area contributed by atoms with Crippen molar-refractivity contribution < 1.29 is 4.74 Å². The van der Waals surface area contributed by atoms with E-state index in [1.165, 1.54) is 5.57 Å². The molecule has 1 N–H and O–H groups in total. The van der Waals surface area contributed by atoms with E-state index in [1.54, 1.807) is 0 Å². The Hall–Kier alpha value is -0.600. The molecule has 0 aromatic rings. The molecule has 78 valence electrons. The van der Waals surface area contributed by atoms with Crippen LogP contribution in [0.25, 0.3) is 0 Å². The van der Waals surface area contributed by atoms with Gasteiger partial charge >= 0.3 is 0 Å². The molecular formula is C12H19NO. The summed E-state index contributed by atoms with van der Waals surface area (Å²) in [4.78, 5) is 0. The van der Waals surface area contributed by atoms with Gasteiger partial charge in [-0.05, 0) is 20.3 Å². The average Bonchev–Trinajstić information content (AvgIpc) is 2.18. The molecule has 0 bridgehead atoms. The Morgan fingerprint density at radius 2 is 2.29 bits per heavy atom. The van der Waals surface area contributed by atoms with Crippen LogP contribution in [-0.4, -0.2) is 25.3 Å². The SMILES string of the molecule is CC1=CC([C@H]2CNC[C@H](C)O2)CC=C1. The van der Waals surface area contributed by atoms with Gasteiger partial charge in [0.25, 0.3) is 0 Å². The van der Waals surface area contributed by atoms with Crippen molar-refractivity contribution in [3.8, 4) is 0 Å². The van der Waals surface area contributed by atoms with E-state index in [9.17, 15) is 0 Å². The Labute approximate surface area is 86.0 Å². The molecule has 0 radical (unpaired) electrons. The van der Waals surface area contributed by atoms with Crippen molar-refractivity contribution in [1.29, 1.82) is 0 Å². The lowest BCUT2D eigenvalue weighted by Crippen LogP contribution is -2.46. The van der Waals surface area contributed by atoms with Crippen molar-refractivity contribution in [2.75, 3.05) is 13.1 Å². The Morgan fingerprint density at radius 1 is 1.43 bits per heavy atom. The molecule has 2 nitrogen and oxygen atoms in total. The summed E-state index contributed by atoms with van der Waals surface area (Å²) in [7, 11) is 0. The summed E-state index contributed by atoms with van der Waals surface area (Å²) < 4.78 is 5.93. The van der Waals surface area contributed by atoms with Crippen LogP contribution in [0.5, 0.6) is 0 Å². The molecular weight excluding hydrogens is 174 g/mol. The number of hydrogen-bond acceptors (Lipinski definition) is 2. The summed E-state index contributed by atoms with van der Waals surface area (Å²) in [6.07, 6.45) is 8.62. The normalized spacial score (nSPS) is 38.1. The largest absolute Gasteiger partial charge is 0.372 e. The summed E-state index contributed by atoms with van der Waals surface area (Å²) in [5.74, 6) is 0.565. The predicted molar refractivity (Wildman–Crippen MR) is 58.2 cm³/mol. The molecule has 14 heavy (non-hydrogen) atoms. The first-order chi connectivity index (χ1) is 6.75. The van der Waals surface area contributed by atoms with Crippen LogP contribution in [0.3, 0.4) is 0 Å². The highest BCUT2D eigenvalue weighted by molar-refractivity contribution is 5.22. The van der Waals surface area contributed by atoms with Crippen LogP contribution in [0.1, 0.15) is 20.3 Å². The fraction of sp³-hybridized carbons (Fsp3) is 0.667. The second kappa shape index (κ2) is 4.28. The van der Waals surface area contributed by atoms with Gasteiger partial charge in [0, 0.05) is 19.0 Å². The predicted octanol–water partition coefficient (Wildman–Crippen LogP) is 1.89. The molecule has 1 saturated heterocycles. The van der Waals surface area contributed by atoms with E-state index in [4.69, 9.17) is 4.74 Å². The maximum atomic E-state index is 5.93. The van der Waals surface area contributed by atoms with Crippen molar-refractivity contribution in [3.63, 3.8) is 0 Å². The summed E-state index contributed by atoms with van der Waals surface area (Å²) in [5.41, 5.74) is 1.36. The maximum absolute atomic E-state index is 5.93. The summed E-state index contributed by atoms with van der Waals surface area (Å²) in [6.45, 7) is 6.27. The van der Waals surface area contributed by atoms with Crippen molar-refractivity contribution in [2.24, 2.45) is 5.92 Å². The number of ether oxygens (including phenoxy) is 1. The minimum absolute atomic E-state index is 0.355. The number of rotatable bonds is 1. The molecule has 2 heteroatoms. The highest BCUT2D eigenvalue weighted by Crippen LogP contribution is 2.23. The lowest BCUT2D eigenvalue weighted by Gasteiger charge is -2.33. The van der Waals surface area contributed by atoms with Crippen LogP contribution < -0.4 is 5.32 Å². The molecule has 1 aliphatic heterocycles. The Morgan fingerprint density at radius 3 is 3.00 bits per heavy atom. The second-order valence-electron chi connectivity index (χ2n) is 4.36. The van der Waals surface area contributed by atoms with Crippen LogP contribution >= 0.6 is 0 Å². The van der Waals surface area contributed by atoms with Crippen molar-refractivity contribution >= 4 is 0 Å². The third kappa shape index (κ3) is 2.25. The molecule has 0 amide bonds. The standard InChI is InChI=1S/C12H19NO/c1-9-4-3-5-11(6-9)12-8-13-7-10(2)14-12/h3-4,6,10-13H,5,7-8H2,1-2H3/t10-,11?,12+/m0/s1. The monoisotopic (exact) mass is 193 g/mol. The number of morpholine rings is 1. The Kier molecular flexibility index (Phi) is 3.04. The van der Waals surface area contributed by atoms with Crippen LogP contribution in [0.4, 0.5) is 0 Å². The molecule has 3 atom stereocenters. The Balaban J connectivity index is 1.97. The van der Waals surface area contributed by atoms with Crippen LogP contribution in [0, 0.1) is 5.92 Å². The van der Waals surface area contributed by atoms with Gasteiger partial charge in [-0.3, -0.25) is 0 Å². The van der Waals surface area contributed by atoms with E-state index in [1.807, 2.05) is 0 Å². The molecule has 0 aromatic heterocycles. The van der Waals surface area contributed by atoms with E-state index in [-0.39, 0.29) is 0 Å². The number of hydrogen-bond donors (Lipinski definition) is 1. The van der Waals surface area contributed by atoms with E-state index < -0.39 is 0 Å². The van der Waals surface area contributed by atoms with E-state index in [2.05, 4.69) is 37.4 Å². The molecule has 1 heterocycles. The Bertz CT molecular complexity index is 257. The molecule has 1 fully saturated rings. The van der Waals surface area contributed by atoms with Gasteiger partial charge in [-0.1, -0.05) is 23.8 Å². The summed E-state index contributed by atoms with van der Waals surface area (Å²) >= 11 is 0. The molecule has 0 saturated carbocycles. The zero-order valence-corrected chi connectivity index (χ0v) is 8.99. The van der Waals surface area contributed by atoms with Crippen LogP contribution in [-0.2, 0) is 4.74 Å². The zero-order valence-electron chi connectivity index (χ0n) is 8.99. The first-order valence-electron chi connectivity index (χ1n) is 5.47. The van der Waals surface area contributed by atoms with Gasteiger partial charge in [0.05, 0.1) is 12.2 Å². The van der Waals surface area contributed by atoms with Gasteiger partial charge in [-0.2, -0.15) is 0 Å². The van der Waals surface area contributed by atoms with Gasteiger partial charge in [0.15, 0.2) is 0 Å². The highest BCUT2D eigenvalue weighted by Gasteiger charge is 2.25. The third-order valence-corrected chi connectivity index (χ3v) is 2.93. The second-order valence-corrected chi connectivity index (χ2v) is 4.36. The fourth-order valence-corrected chi connectivity index (χ4v) is 2.21. The highest BCUT2D eigenvalue weighted by atomic mass is 16.5. The van der Waals surface area contributed by atoms with E-state index in [0.717, 1.165) is 19.5 Å². The summed E-state index contributed by atoms with van der Waals surface area (Å²) in [5, 5.41) is 3.42. The number of nitrogens with one attached hydrogen (secondary N) is 1. The summed E-state index contributed by atoms with van der Waals surface area (Å²) in [6, 6.07) is 0. The molecule has 0 spiro atoms. The van der Waals surface area contributed by atoms with Gasteiger partial charge in [0.2, 0.25) is 0 Å². The molecule has 2 rings (SSSR count). The first-order valence-corrected chi connectivity index (χ1v) is 5.47. The van der Waals surface area contributed by atoms with E-state index >= 15 is 0 Å². The third-order valence-electron chi connectivity index (χ3n) is 2.93. The molecule has 0 aromatic carbocycles. The first kappa shape index (κ1) is 9.94. The molecule has 1 aliphatic carbocycles. The quantitative estimate of drug-likeness (QED) is 0.686. The van der Waals surface area contributed by atoms with Gasteiger partial charge < -0.3 is 10.1 Å². The van der Waals surface area contributed by atoms with Crippen molar-refractivity contribution in [2.45, 2.75) is 32.5 Å². The average molecular weight is 193 g/mol. The van der Waals surface area contributed by atoms with Gasteiger partial charge in [0.1, 0.15) is 0 Å². The smallest absolute Gasteiger partial charge is 0.0769 e. The number of allylic oxidation sites excluding steroid dienone is 3. The molecule has 1 unspecified atom stereocenters. The fourth-order valence-electron chi connectivity index (χ4n) is 2.21. The minimum Gasteiger partial charge on any atom is -0.372 e. The minimum atomic E-state index is 0.355. The van der Waals surface area contributed by atoms with Crippen LogP contribution in [0.15, 0.2) is 23.8 Å².